The summed E-state index contributed by atoms with van der Waals surface area (Å²) in [5, 5.41) is 0. The first-order chi connectivity index (χ1) is 23.5. The molecule has 55 heavy (non-hydrogen) atoms. The Morgan fingerprint density at radius 1 is 0.364 bits per heavy atom. The summed E-state index contributed by atoms with van der Waals surface area (Å²) in [5.41, 5.74) is -1.59. The Morgan fingerprint density at radius 2 is 0.600 bits per heavy atom. The molecule has 0 saturated carbocycles. The molecule has 0 aliphatic carbocycles. The second kappa shape index (κ2) is 14.5. The number of hydrogen-bond donors (Lipinski definition) is 0. The third-order valence-corrected chi connectivity index (χ3v) is 6.56. The summed E-state index contributed by atoms with van der Waals surface area (Å²) in [6.07, 6.45) is -22.1. The normalized spacial score (nSPS) is 16.0. The molecule has 0 aromatic rings. The topological polar surface area (TPSA) is 35.5 Å². The van der Waals surface area contributed by atoms with E-state index in [1.165, 1.54) is 0 Å². The largest absolute Gasteiger partial charge is 0.462 e. The van der Waals surface area contributed by atoms with Crippen molar-refractivity contribution >= 4 is 5.97 Å². The lowest BCUT2D eigenvalue weighted by Gasteiger charge is -2.42. The van der Waals surface area contributed by atoms with Crippen LogP contribution in [0.3, 0.4) is 0 Å². The van der Waals surface area contributed by atoms with Crippen molar-refractivity contribution < 1.29 is 146 Å². The van der Waals surface area contributed by atoms with Crippen LogP contribution in [0.15, 0.2) is 12.2 Å². The summed E-state index contributed by atoms with van der Waals surface area (Å²) in [5.74, 6) is -101. The van der Waals surface area contributed by atoms with Crippen LogP contribution in [0.2, 0.25) is 0 Å². The molecule has 0 rings (SSSR count). The molecular formula is C22H12F30O3. The highest BCUT2D eigenvalue weighted by atomic mass is 19.4. The fraction of sp³-hybridized carbons (Fsp3) is 0.864. The molecular weight excluding hydrogens is 882 g/mol. The number of alkyl halides is 30. The van der Waals surface area contributed by atoms with Gasteiger partial charge in [-0.3, -0.25) is 0 Å². The number of esters is 1. The van der Waals surface area contributed by atoms with Crippen LogP contribution in [-0.2, 0) is 14.3 Å². The molecule has 3 nitrogen and oxygen atoms in total. The van der Waals surface area contributed by atoms with Gasteiger partial charge in [-0.25, -0.2) is 4.79 Å². The van der Waals surface area contributed by atoms with Crippen LogP contribution in [0, 0.1) is 0 Å². The second-order valence-corrected chi connectivity index (χ2v) is 10.4. The predicted octanol–water partition coefficient (Wildman–Crippen LogP) is 10.6. The van der Waals surface area contributed by atoms with Crippen LogP contribution in [0.1, 0.15) is 12.8 Å². The van der Waals surface area contributed by atoms with Crippen molar-refractivity contribution in [3.63, 3.8) is 0 Å². The summed E-state index contributed by atoms with van der Waals surface area (Å²) >= 11 is 0. The lowest BCUT2D eigenvalue weighted by atomic mass is 9.88. The van der Waals surface area contributed by atoms with Gasteiger partial charge in [0.25, 0.3) is 0 Å². The van der Waals surface area contributed by atoms with Crippen molar-refractivity contribution in [3.05, 3.63) is 12.2 Å². The highest BCUT2D eigenvalue weighted by Crippen LogP contribution is 2.65. The van der Waals surface area contributed by atoms with E-state index in [9.17, 15) is 137 Å². The van der Waals surface area contributed by atoms with E-state index >= 15 is 0 Å². The fourth-order valence-corrected chi connectivity index (χ4v) is 3.14. The molecule has 328 valence electrons. The van der Waals surface area contributed by atoms with Crippen LogP contribution >= 0.6 is 0 Å². The van der Waals surface area contributed by atoms with E-state index in [1.807, 2.05) is 0 Å². The maximum Gasteiger partial charge on any atom is 0.460 e. The van der Waals surface area contributed by atoms with Crippen LogP contribution in [0.4, 0.5) is 132 Å². The lowest BCUT2D eigenvalue weighted by Crippen LogP contribution is -2.74. The Hall–Kier alpha value is -2.93. The van der Waals surface area contributed by atoms with E-state index in [-0.39, 0.29) is 0 Å². The Morgan fingerprint density at radius 3 is 0.873 bits per heavy atom. The van der Waals surface area contributed by atoms with Crippen LogP contribution in [-0.4, -0.2) is 109 Å². The summed E-state index contributed by atoms with van der Waals surface area (Å²) in [4.78, 5) is 11.6. The summed E-state index contributed by atoms with van der Waals surface area (Å²) in [7, 11) is 0. The first-order valence-electron chi connectivity index (χ1n) is 12.6. The molecule has 0 aromatic heterocycles. The van der Waals surface area contributed by atoms with Gasteiger partial charge in [-0.05, 0) is 0 Å². The zero-order chi connectivity index (χ0) is 45.1. The maximum atomic E-state index is 13.8. The van der Waals surface area contributed by atoms with Gasteiger partial charge < -0.3 is 9.47 Å². The van der Waals surface area contributed by atoms with Crippen molar-refractivity contribution in [1.82, 2.24) is 0 Å². The lowest BCUT2D eigenvalue weighted by molar-refractivity contribution is -0.461. The van der Waals surface area contributed by atoms with Gasteiger partial charge in [-0.15, -0.1) is 0 Å². The van der Waals surface area contributed by atoms with Crippen molar-refractivity contribution in [2.24, 2.45) is 0 Å². The molecule has 0 heterocycles. The van der Waals surface area contributed by atoms with Gasteiger partial charge in [0.1, 0.15) is 0 Å². The average molecular weight is 894 g/mol. The smallest absolute Gasteiger partial charge is 0.460 e. The van der Waals surface area contributed by atoms with Crippen molar-refractivity contribution in [2.45, 2.75) is 96.3 Å². The van der Waals surface area contributed by atoms with Crippen molar-refractivity contribution in [1.29, 1.82) is 0 Å². The minimum atomic E-state index is -8.94. The zero-order valence-electron chi connectivity index (χ0n) is 24.8. The molecule has 0 aromatic carbocycles. The van der Waals surface area contributed by atoms with Gasteiger partial charge in [-0.1, -0.05) is 6.58 Å². The van der Waals surface area contributed by atoms with E-state index in [0.29, 0.717) is 0 Å². The molecule has 33 heteroatoms. The van der Waals surface area contributed by atoms with Gasteiger partial charge in [-0.2, -0.15) is 132 Å². The van der Waals surface area contributed by atoms with E-state index in [4.69, 9.17) is 0 Å². The Bertz CT molecular complexity index is 1370. The summed E-state index contributed by atoms with van der Waals surface area (Å²) in [6.45, 7) is -4.18. The average Bonchev–Trinajstić information content (AvgIpc) is 2.96. The number of halogens is 30. The summed E-state index contributed by atoms with van der Waals surface area (Å²) < 4.78 is 402. The van der Waals surface area contributed by atoms with Crippen LogP contribution < -0.4 is 0 Å². The Kier molecular flexibility index (Phi) is 13.7. The first kappa shape index (κ1) is 52.1. The monoisotopic (exact) mass is 894 g/mol. The molecule has 0 unspecified atom stereocenters. The van der Waals surface area contributed by atoms with Gasteiger partial charge in [0.05, 0.1) is 31.8 Å². The molecule has 0 saturated heterocycles. The SMILES string of the molecule is C=C(COCCC(F)(F)C(F)(F)C(F)(F)C(F)(F)C(F)(F)C(F)(F)F)C(=O)OCCC(F)(F)C(F)(F)C(F)(F)C(F)(F)C(F)(F)C(F)(F)C(F)(F)C(F)(F)F. The minimum absolute atomic E-state index is 1.59. The van der Waals surface area contributed by atoms with Gasteiger partial charge >= 0.3 is 89.4 Å². The van der Waals surface area contributed by atoms with E-state index in [0.717, 1.165) is 0 Å². The number of ether oxygens (including phenoxy) is 2. The summed E-state index contributed by atoms with van der Waals surface area (Å²) in [6, 6.07) is 0. The van der Waals surface area contributed by atoms with Gasteiger partial charge in [0, 0.05) is 6.42 Å². The molecule has 0 aliphatic rings. The second-order valence-electron chi connectivity index (χ2n) is 10.4. The van der Waals surface area contributed by atoms with E-state index in [2.05, 4.69) is 16.1 Å². The molecule has 0 radical (unpaired) electrons. The zero-order valence-corrected chi connectivity index (χ0v) is 24.8. The van der Waals surface area contributed by atoms with Crippen molar-refractivity contribution in [2.75, 3.05) is 19.8 Å². The number of rotatable bonds is 19. The van der Waals surface area contributed by atoms with Crippen LogP contribution in [0.25, 0.3) is 0 Å². The Labute approximate surface area is 281 Å². The fourth-order valence-electron chi connectivity index (χ4n) is 3.14. The molecule has 0 atom stereocenters. The molecule has 0 spiro atoms. The maximum absolute atomic E-state index is 13.8. The van der Waals surface area contributed by atoms with Gasteiger partial charge in [0.15, 0.2) is 0 Å². The van der Waals surface area contributed by atoms with Crippen LogP contribution in [0.5, 0.6) is 0 Å². The molecule has 0 bridgehead atoms. The first-order valence-corrected chi connectivity index (χ1v) is 12.6. The number of carbonyl (C=O) groups excluding carboxylic acids is 1. The quantitative estimate of drug-likeness (QED) is 0.0561. The van der Waals surface area contributed by atoms with E-state index < -0.39 is 128 Å². The van der Waals surface area contributed by atoms with E-state index in [1.54, 1.807) is 0 Å². The van der Waals surface area contributed by atoms with Crippen molar-refractivity contribution in [3.8, 4) is 0 Å². The number of carbonyl (C=O) groups is 1. The molecule has 0 N–H and O–H groups in total. The molecule has 0 amide bonds. The third-order valence-electron chi connectivity index (χ3n) is 6.56. The number of hydrogen-bond acceptors (Lipinski definition) is 3. The standard InChI is InChI=1S/C22H12F30O3/c1-7(6-54-4-2-9(23,24)11(27,28)14(33,34)17(39,40)19(43,44)21(47,48)49)8(53)55-5-3-10(25,26)12(29,30)13(31,32)15(35,36)16(37,38)18(41,42)20(45,46)22(50,51)52/h1-6H2. The highest BCUT2D eigenvalue weighted by Gasteiger charge is 2.95. The van der Waals surface area contributed by atoms with Gasteiger partial charge in [0.2, 0.25) is 0 Å². The minimum Gasteiger partial charge on any atom is -0.462 e. The molecule has 0 aliphatic heterocycles. The predicted molar refractivity (Wildman–Crippen MR) is 112 cm³/mol. The molecule has 0 fully saturated rings. The highest BCUT2D eigenvalue weighted by molar-refractivity contribution is 5.87. The third kappa shape index (κ3) is 7.99. The Balaban J connectivity index is 5.77.